The van der Waals surface area contributed by atoms with E-state index in [1.807, 2.05) is 18.2 Å². The molecule has 0 aliphatic heterocycles. The van der Waals surface area contributed by atoms with Crippen LogP contribution in [0.5, 0.6) is 0 Å². The molecule has 1 aliphatic rings. The summed E-state index contributed by atoms with van der Waals surface area (Å²) in [6.07, 6.45) is 13.6. The molecule has 1 rings (SSSR count). The van der Waals surface area contributed by atoms with E-state index in [2.05, 4.69) is 6.92 Å². The number of aliphatic hydroxyl groups excluding tert-OH is 3. The number of hydrogen-bond acceptors (Lipinski definition) is 4. The van der Waals surface area contributed by atoms with Crippen LogP contribution in [0.25, 0.3) is 0 Å². The van der Waals surface area contributed by atoms with Crippen molar-refractivity contribution in [2.45, 2.75) is 89.4 Å². The van der Waals surface area contributed by atoms with E-state index in [0.717, 1.165) is 19.3 Å². The Bertz CT molecular complexity index is 446. The van der Waals surface area contributed by atoms with Gasteiger partial charge in [-0.25, -0.2) is 0 Å². The average Bonchev–Trinajstić information content (AvgIpc) is 2.85. The number of rotatable bonds is 13. The second-order valence-corrected chi connectivity index (χ2v) is 7.41. The van der Waals surface area contributed by atoms with Crippen LogP contribution < -0.4 is 0 Å². The summed E-state index contributed by atoms with van der Waals surface area (Å²) >= 11 is 0. The molecule has 5 nitrogen and oxygen atoms in total. The highest BCUT2D eigenvalue weighted by Crippen LogP contribution is 2.36. The van der Waals surface area contributed by atoms with Gasteiger partial charge in [0.05, 0.1) is 18.3 Å². The van der Waals surface area contributed by atoms with Crippen molar-refractivity contribution in [3.05, 3.63) is 24.3 Å². The summed E-state index contributed by atoms with van der Waals surface area (Å²) in [6.45, 7) is 2.16. The largest absolute Gasteiger partial charge is 0.481 e. The molecule has 0 spiro atoms. The molecule has 5 atom stereocenters. The number of carboxylic acids is 1. The van der Waals surface area contributed by atoms with Crippen molar-refractivity contribution in [2.75, 3.05) is 0 Å². The highest BCUT2D eigenvalue weighted by atomic mass is 16.4. The molecule has 0 amide bonds. The van der Waals surface area contributed by atoms with Crippen LogP contribution >= 0.6 is 0 Å². The molecule has 0 heterocycles. The van der Waals surface area contributed by atoms with Crippen LogP contribution in [0.4, 0.5) is 0 Å². The molecule has 1 fully saturated rings. The molecule has 5 heteroatoms. The topological polar surface area (TPSA) is 98.0 Å². The third-order valence-electron chi connectivity index (χ3n) is 5.16. The number of hydrogen-bond donors (Lipinski definition) is 4. The third-order valence-corrected chi connectivity index (χ3v) is 5.16. The van der Waals surface area contributed by atoms with Gasteiger partial charge in [0.25, 0.3) is 0 Å². The van der Waals surface area contributed by atoms with Gasteiger partial charge in [-0.3, -0.25) is 4.79 Å². The first kappa shape index (κ1) is 22.9. The van der Waals surface area contributed by atoms with E-state index in [-0.39, 0.29) is 18.3 Å². The number of aliphatic hydroxyl groups is 3. The van der Waals surface area contributed by atoms with Gasteiger partial charge in [0.1, 0.15) is 0 Å². The minimum atomic E-state index is -0.786. The molecule has 0 aromatic carbocycles. The minimum Gasteiger partial charge on any atom is -0.481 e. The van der Waals surface area contributed by atoms with Crippen LogP contribution in [0.1, 0.15) is 71.1 Å². The second-order valence-electron chi connectivity index (χ2n) is 7.41. The Kier molecular flexibility index (Phi) is 11.5. The molecule has 1 saturated carbocycles. The number of allylic oxidation sites excluding steroid dienone is 2. The molecule has 1 aliphatic carbocycles. The van der Waals surface area contributed by atoms with E-state index < -0.39 is 24.3 Å². The Labute approximate surface area is 157 Å². The molecule has 0 aromatic rings. The van der Waals surface area contributed by atoms with Crippen molar-refractivity contribution in [1.82, 2.24) is 0 Å². The Morgan fingerprint density at radius 3 is 2.58 bits per heavy atom. The number of carboxylic acid groups (broad SMARTS) is 1. The van der Waals surface area contributed by atoms with E-state index in [1.54, 1.807) is 6.08 Å². The predicted molar refractivity (Wildman–Crippen MR) is 103 cm³/mol. The SMILES string of the molecule is CCCCCC[C@H](O)/C=C/[C@@H]1[C@@H](C/C=C\CCCC(=O)O)[C@@H](O)C[C@H]1O. The quantitative estimate of drug-likeness (QED) is 0.295. The first-order valence-corrected chi connectivity index (χ1v) is 10.0. The lowest BCUT2D eigenvalue weighted by molar-refractivity contribution is -0.137. The average molecular weight is 369 g/mol. The first-order chi connectivity index (χ1) is 12.5. The van der Waals surface area contributed by atoms with Crippen LogP contribution in [0, 0.1) is 11.8 Å². The first-order valence-electron chi connectivity index (χ1n) is 10.0. The van der Waals surface area contributed by atoms with Crippen molar-refractivity contribution >= 4 is 5.97 Å². The van der Waals surface area contributed by atoms with Crippen molar-refractivity contribution in [3.63, 3.8) is 0 Å². The minimum absolute atomic E-state index is 0.0655. The molecule has 0 saturated heterocycles. The fourth-order valence-corrected chi connectivity index (χ4v) is 3.58. The zero-order valence-electron chi connectivity index (χ0n) is 16.0. The highest BCUT2D eigenvalue weighted by molar-refractivity contribution is 5.66. The Morgan fingerprint density at radius 2 is 1.88 bits per heavy atom. The molecule has 0 unspecified atom stereocenters. The number of carbonyl (C=O) groups is 1. The summed E-state index contributed by atoms with van der Waals surface area (Å²) in [6, 6.07) is 0. The zero-order chi connectivity index (χ0) is 19.4. The lowest BCUT2D eigenvalue weighted by Crippen LogP contribution is -2.20. The summed E-state index contributed by atoms with van der Waals surface area (Å²) in [5.41, 5.74) is 0. The van der Waals surface area contributed by atoms with Gasteiger partial charge in [0.15, 0.2) is 0 Å². The summed E-state index contributed by atoms with van der Waals surface area (Å²) in [4.78, 5) is 10.5. The molecule has 26 heavy (non-hydrogen) atoms. The van der Waals surface area contributed by atoms with Crippen molar-refractivity contribution < 1.29 is 25.2 Å². The number of unbranched alkanes of at least 4 members (excludes halogenated alkanes) is 4. The van der Waals surface area contributed by atoms with Gasteiger partial charge in [-0.15, -0.1) is 0 Å². The standard InChI is InChI=1S/C21H36O5/c1-2-3-4-7-10-16(22)13-14-18-17(19(23)15-20(18)24)11-8-5-6-9-12-21(25)26/h5,8,13-14,16-20,22-24H,2-4,6-7,9-12,15H2,1H3,(H,25,26)/b8-5-,14-13+/t16-,17+,18+,19-,20+/m0/s1. The van der Waals surface area contributed by atoms with Gasteiger partial charge in [-0.2, -0.15) is 0 Å². The van der Waals surface area contributed by atoms with Crippen LogP contribution in [0.3, 0.4) is 0 Å². The molecular weight excluding hydrogens is 332 g/mol. The maximum Gasteiger partial charge on any atom is 0.303 e. The van der Waals surface area contributed by atoms with Crippen LogP contribution in [-0.4, -0.2) is 44.7 Å². The molecule has 0 radical (unpaired) electrons. The maximum atomic E-state index is 10.5. The number of aliphatic carboxylic acids is 1. The van der Waals surface area contributed by atoms with Gasteiger partial charge in [-0.1, -0.05) is 56.9 Å². The maximum absolute atomic E-state index is 10.5. The predicted octanol–water partition coefficient (Wildman–Crippen LogP) is 3.43. The Morgan fingerprint density at radius 1 is 1.12 bits per heavy atom. The van der Waals surface area contributed by atoms with Crippen LogP contribution in [0.2, 0.25) is 0 Å². The zero-order valence-corrected chi connectivity index (χ0v) is 16.0. The van der Waals surface area contributed by atoms with Gasteiger partial charge >= 0.3 is 5.97 Å². The summed E-state index contributed by atoms with van der Waals surface area (Å²) in [5, 5.41) is 39.1. The van der Waals surface area contributed by atoms with E-state index in [9.17, 15) is 20.1 Å². The van der Waals surface area contributed by atoms with Crippen molar-refractivity contribution in [3.8, 4) is 0 Å². The molecule has 0 bridgehead atoms. The molecule has 4 N–H and O–H groups in total. The normalized spacial score (nSPS) is 27.5. The monoisotopic (exact) mass is 368 g/mol. The van der Waals surface area contributed by atoms with Crippen LogP contribution in [-0.2, 0) is 4.79 Å². The van der Waals surface area contributed by atoms with Crippen molar-refractivity contribution in [2.24, 2.45) is 11.8 Å². The molecular formula is C21H36O5. The highest BCUT2D eigenvalue weighted by Gasteiger charge is 2.39. The molecule has 150 valence electrons. The smallest absolute Gasteiger partial charge is 0.303 e. The Hall–Kier alpha value is -1.17. The fraction of sp³-hybridized carbons (Fsp3) is 0.762. The van der Waals surface area contributed by atoms with E-state index >= 15 is 0 Å². The van der Waals surface area contributed by atoms with Crippen molar-refractivity contribution in [1.29, 1.82) is 0 Å². The van der Waals surface area contributed by atoms with Gasteiger partial charge < -0.3 is 20.4 Å². The van der Waals surface area contributed by atoms with Crippen LogP contribution in [0.15, 0.2) is 24.3 Å². The summed E-state index contributed by atoms with van der Waals surface area (Å²) < 4.78 is 0. The molecule has 0 aromatic heterocycles. The van der Waals surface area contributed by atoms with Gasteiger partial charge in [0, 0.05) is 18.8 Å². The third kappa shape index (κ3) is 8.97. The lowest BCUT2D eigenvalue weighted by Gasteiger charge is -2.19. The fourth-order valence-electron chi connectivity index (χ4n) is 3.58. The van der Waals surface area contributed by atoms with Gasteiger partial charge in [0.2, 0.25) is 0 Å². The summed E-state index contributed by atoms with van der Waals surface area (Å²) in [5.74, 6) is -1.01. The Balaban J connectivity index is 2.44. The van der Waals surface area contributed by atoms with E-state index in [1.165, 1.54) is 12.8 Å². The van der Waals surface area contributed by atoms with Gasteiger partial charge in [-0.05, 0) is 31.6 Å². The van der Waals surface area contributed by atoms with E-state index in [0.29, 0.717) is 25.7 Å². The second kappa shape index (κ2) is 13.1. The van der Waals surface area contributed by atoms with E-state index in [4.69, 9.17) is 5.11 Å². The summed E-state index contributed by atoms with van der Waals surface area (Å²) in [7, 11) is 0. The lowest BCUT2D eigenvalue weighted by atomic mass is 9.89.